The molecule has 0 spiro atoms. The molecule has 1 aromatic rings. The Bertz CT molecular complexity index is 402. The van der Waals surface area contributed by atoms with Crippen molar-refractivity contribution in [1.82, 2.24) is 9.78 Å². The van der Waals surface area contributed by atoms with Crippen molar-refractivity contribution in [2.45, 2.75) is 46.6 Å². The van der Waals surface area contributed by atoms with Crippen LogP contribution in [0.4, 0.5) is 0 Å². The molecular formula is C13H21BrN2O2. The molecule has 0 saturated heterocycles. The quantitative estimate of drug-likeness (QED) is 0.693. The second-order valence-electron chi connectivity index (χ2n) is 4.18. The molecule has 0 N–H and O–H groups in total. The van der Waals surface area contributed by atoms with Crippen LogP contribution in [-0.2, 0) is 22.5 Å². The fourth-order valence-corrected chi connectivity index (χ4v) is 2.25. The van der Waals surface area contributed by atoms with E-state index < -0.39 is 0 Å². The number of hydrogen-bond acceptors (Lipinski definition) is 3. The fraction of sp³-hybridized carbons (Fsp3) is 0.692. The van der Waals surface area contributed by atoms with Crippen LogP contribution in [0.15, 0.2) is 4.47 Å². The molecule has 5 heteroatoms. The second-order valence-corrected chi connectivity index (χ2v) is 4.97. The molecule has 0 radical (unpaired) electrons. The van der Waals surface area contributed by atoms with Gasteiger partial charge < -0.3 is 4.74 Å². The molecule has 1 heterocycles. The van der Waals surface area contributed by atoms with Gasteiger partial charge in [-0.1, -0.05) is 0 Å². The van der Waals surface area contributed by atoms with Crippen molar-refractivity contribution in [2.75, 3.05) is 13.2 Å². The predicted molar refractivity (Wildman–Crippen MR) is 74.8 cm³/mol. The van der Waals surface area contributed by atoms with E-state index in [2.05, 4.69) is 21.0 Å². The number of hydrogen-bond donors (Lipinski definition) is 0. The van der Waals surface area contributed by atoms with Gasteiger partial charge in [-0.2, -0.15) is 5.10 Å². The number of rotatable bonds is 8. The SMILES string of the molecule is CCOCCCC(=O)Cc1c(Br)c(C)nn1CC. The molecule has 0 amide bonds. The highest BCUT2D eigenvalue weighted by atomic mass is 79.9. The zero-order chi connectivity index (χ0) is 13.5. The van der Waals surface area contributed by atoms with Crippen LogP contribution in [0.25, 0.3) is 0 Å². The number of aromatic nitrogens is 2. The maximum absolute atomic E-state index is 11.9. The van der Waals surface area contributed by atoms with Gasteiger partial charge in [-0.05, 0) is 43.1 Å². The molecule has 0 bridgehead atoms. The average Bonchev–Trinajstić information content (AvgIpc) is 2.62. The first-order valence-electron chi connectivity index (χ1n) is 6.41. The van der Waals surface area contributed by atoms with Crippen LogP contribution < -0.4 is 0 Å². The molecular weight excluding hydrogens is 296 g/mol. The lowest BCUT2D eigenvalue weighted by molar-refractivity contribution is -0.118. The Morgan fingerprint density at radius 1 is 1.44 bits per heavy atom. The molecule has 18 heavy (non-hydrogen) atoms. The molecule has 0 aliphatic carbocycles. The summed E-state index contributed by atoms with van der Waals surface area (Å²) in [5.41, 5.74) is 1.92. The summed E-state index contributed by atoms with van der Waals surface area (Å²) in [7, 11) is 0. The van der Waals surface area contributed by atoms with E-state index in [1.807, 2.05) is 25.5 Å². The third-order valence-corrected chi connectivity index (χ3v) is 3.80. The van der Waals surface area contributed by atoms with Crippen LogP contribution >= 0.6 is 15.9 Å². The van der Waals surface area contributed by atoms with Crippen molar-refractivity contribution in [2.24, 2.45) is 0 Å². The average molecular weight is 317 g/mol. The van der Waals surface area contributed by atoms with E-state index in [9.17, 15) is 4.79 Å². The minimum absolute atomic E-state index is 0.241. The molecule has 102 valence electrons. The zero-order valence-corrected chi connectivity index (χ0v) is 12.9. The molecule has 0 unspecified atom stereocenters. The number of carbonyl (C=O) groups excluding carboxylic acids is 1. The predicted octanol–water partition coefficient (Wildman–Crippen LogP) is 2.90. The summed E-state index contributed by atoms with van der Waals surface area (Å²) < 4.78 is 8.08. The second kappa shape index (κ2) is 7.69. The van der Waals surface area contributed by atoms with Gasteiger partial charge in [-0.25, -0.2) is 0 Å². The van der Waals surface area contributed by atoms with E-state index in [-0.39, 0.29) is 5.78 Å². The number of Topliss-reactive ketones (excluding diaryl/α,β-unsaturated/α-hetero) is 1. The van der Waals surface area contributed by atoms with Crippen molar-refractivity contribution in [3.05, 3.63) is 15.9 Å². The summed E-state index contributed by atoms with van der Waals surface area (Å²) in [6.45, 7) is 8.09. The number of aryl methyl sites for hydroxylation is 2. The molecule has 1 aromatic heterocycles. The number of ketones is 1. The van der Waals surface area contributed by atoms with Gasteiger partial charge in [-0.15, -0.1) is 0 Å². The molecule has 0 aliphatic heterocycles. The van der Waals surface area contributed by atoms with Gasteiger partial charge in [-0.3, -0.25) is 9.48 Å². The number of nitrogens with zero attached hydrogens (tertiary/aromatic N) is 2. The van der Waals surface area contributed by atoms with E-state index >= 15 is 0 Å². The smallest absolute Gasteiger partial charge is 0.138 e. The van der Waals surface area contributed by atoms with E-state index in [0.29, 0.717) is 26.1 Å². The molecule has 0 aromatic carbocycles. The summed E-state index contributed by atoms with van der Waals surface area (Å²) in [4.78, 5) is 11.9. The van der Waals surface area contributed by atoms with Gasteiger partial charge in [0, 0.05) is 32.6 Å². The van der Waals surface area contributed by atoms with Gasteiger partial charge in [0.2, 0.25) is 0 Å². The van der Waals surface area contributed by atoms with Crippen molar-refractivity contribution >= 4 is 21.7 Å². The van der Waals surface area contributed by atoms with Crippen molar-refractivity contribution < 1.29 is 9.53 Å². The topological polar surface area (TPSA) is 44.1 Å². The standard InChI is InChI=1S/C13H21BrN2O2/c1-4-16-12(13(14)10(3)15-16)9-11(17)7-6-8-18-5-2/h4-9H2,1-3H3. The van der Waals surface area contributed by atoms with E-state index in [1.165, 1.54) is 0 Å². The van der Waals surface area contributed by atoms with Gasteiger partial charge in [0.1, 0.15) is 5.78 Å². The maximum atomic E-state index is 11.9. The van der Waals surface area contributed by atoms with Gasteiger partial charge >= 0.3 is 0 Å². The Labute approximate surface area is 117 Å². The minimum atomic E-state index is 0.241. The van der Waals surface area contributed by atoms with Crippen LogP contribution in [0.1, 0.15) is 38.1 Å². The highest BCUT2D eigenvalue weighted by Crippen LogP contribution is 2.22. The lowest BCUT2D eigenvalue weighted by atomic mass is 10.1. The number of ether oxygens (including phenoxy) is 1. The number of carbonyl (C=O) groups is 1. The Morgan fingerprint density at radius 3 is 2.78 bits per heavy atom. The third-order valence-electron chi connectivity index (χ3n) is 2.77. The van der Waals surface area contributed by atoms with E-state index in [0.717, 1.165) is 28.8 Å². The van der Waals surface area contributed by atoms with Gasteiger partial charge in [0.05, 0.1) is 15.9 Å². The Balaban J connectivity index is 2.53. The summed E-state index contributed by atoms with van der Waals surface area (Å²) in [5.74, 6) is 0.241. The fourth-order valence-electron chi connectivity index (χ4n) is 1.83. The first kappa shape index (κ1) is 15.4. The van der Waals surface area contributed by atoms with Crippen molar-refractivity contribution in [1.29, 1.82) is 0 Å². The van der Waals surface area contributed by atoms with Crippen LogP contribution in [-0.4, -0.2) is 28.8 Å². The molecule has 0 atom stereocenters. The first-order chi connectivity index (χ1) is 8.60. The van der Waals surface area contributed by atoms with E-state index in [1.54, 1.807) is 0 Å². The first-order valence-corrected chi connectivity index (χ1v) is 7.20. The van der Waals surface area contributed by atoms with Crippen molar-refractivity contribution in [3.63, 3.8) is 0 Å². The molecule has 4 nitrogen and oxygen atoms in total. The largest absolute Gasteiger partial charge is 0.382 e. The molecule has 0 aliphatic rings. The van der Waals surface area contributed by atoms with Gasteiger partial charge in [0.15, 0.2) is 0 Å². The molecule has 1 rings (SSSR count). The highest BCUT2D eigenvalue weighted by molar-refractivity contribution is 9.10. The lowest BCUT2D eigenvalue weighted by Crippen LogP contribution is -2.10. The Hall–Kier alpha value is -0.680. The lowest BCUT2D eigenvalue weighted by Gasteiger charge is -2.05. The zero-order valence-electron chi connectivity index (χ0n) is 11.3. The number of halogens is 1. The third kappa shape index (κ3) is 4.21. The monoisotopic (exact) mass is 316 g/mol. The van der Waals surface area contributed by atoms with Crippen molar-refractivity contribution in [3.8, 4) is 0 Å². The summed E-state index contributed by atoms with van der Waals surface area (Å²) in [5, 5.41) is 4.38. The summed E-state index contributed by atoms with van der Waals surface area (Å²) in [6, 6.07) is 0. The van der Waals surface area contributed by atoms with Crippen LogP contribution in [0.3, 0.4) is 0 Å². The summed E-state index contributed by atoms with van der Waals surface area (Å²) in [6.07, 6.45) is 1.81. The normalized spacial score (nSPS) is 10.9. The van der Waals surface area contributed by atoms with Gasteiger partial charge in [0.25, 0.3) is 0 Å². The van der Waals surface area contributed by atoms with Crippen LogP contribution in [0, 0.1) is 6.92 Å². The maximum Gasteiger partial charge on any atom is 0.138 e. The minimum Gasteiger partial charge on any atom is -0.382 e. The van der Waals surface area contributed by atoms with Crippen LogP contribution in [0.2, 0.25) is 0 Å². The van der Waals surface area contributed by atoms with E-state index in [4.69, 9.17) is 4.74 Å². The van der Waals surface area contributed by atoms with Crippen LogP contribution in [0.5, 0.6) is 0 Å². The molecule has 0 saturated carbocycles. The molecule has 0 fully saturated rings. The Morgan fingerprint density at radius 2 is 2.17 bits per heavy atom. The highest BCUT2D eigenvalue weighted by Gasteiger charge is 2.15. The summed E-state index contributed by atoms with van der Waals surface area (Å²) >= 11 is 3.50. The Kier molecular flexibility index (Phi) is 6.57.